The molecule has 0 aromatic heterocycles. The third-order valence-corrected chi connectivity index (χ3v) is 3.39. The topological polar surface area (TPSA) is 23.1 Å². The van der Waals surface area contributed by atoms with Gasteiger partial charge in [0.05, 0.1) is 0 Å². The molecule has 2 heteroatoms. The molecule has 2 aromatic rings. The molecule has 0 aliphatic carbocycles. The standard InChI is InChI=1S/C15H15ClO/c1-15(2,11-3-7-13(16)8-4-11)12-5-9-14(17)10-6-12/h3-10,17H,1-2H3/p-1. The van der Waals surface area contributed by atoms with Gasteiger partial charge in [0.25, 0.3) is 0 Å². The van der Waals surface area contributed by atoms with Crippen molar-refractivity contribution >= 4 is 11.6 Å². The highest BCUT2D eigenvalue weighted by atomic mass is 35.5. The Morgan fingerprint density at radius 1 is 0.824 bits per heavy atom. The molecule has 0 saturated heterocycles. The second kappa shape index (κ2) is 4.42. The smallest absolute Gasteiger partial charge is 0.0406 e. The first-order valence-electron chi connectivity index (χ1n) is 5.54. The second-order valence-electron chi connectivity index (χ2n) is 4.66. The van der Waals surface area contributed by atoms with Gasteiger partial charge in [0.1, 0.15) is 0 Å². The molecule has 0 bridgehead atoms. The minimum Gasteiger partial charge on any atom is -0.872 e. The van der Waals surface area contributed by atoms with E-state index in [1.54, 1.807) is 12.1 Å². The Morgan fingerprint density at radius 2 is 1.24 bits per heavy atom. The van der Waals surface area contributed by atoms with E-state index in [1.165, 1.54) is 5.56 Å². The fourth-order valence-electron chi connectivity index (χ4n) is 1.90. The molecule has 2 rings (SSSR count). The van der Waals surface area contributed by atoms with Crippen molar-refractivity contribution in [2.75, 3.05) is 0 Å². The average Bonchev–Trinajstić information content (AvgIpc) is 2.30. The fraction of sp³-hybridized carbons (Fsp3) is 0.200. The zero-order valence-electron chi connectivity index (χ0n) is 9.91. The van der Waals surface area contributed by atoms with Crippen molar-refractivity contribution in [3.8, 4) is 5.75 Å². The minimum absolute atomic E-state index is 0.0423. The summed E-state index contributed by atoms with van der Waals surface area (Å²) in [5.74, 6) is 0.0423. The lowest BCUT2D eigenvalue weighted by atomic mass is 9.78. The first kappa shape index (κ1) is 12.0. The maximum atomic E-state index is 11.1. The Kier molecular flexibility index (Phi) is 3.12. The molecule has 0 atom stereocenters. The van der Waals surface area contributed by atoms with Crippen LogP contribution in [0.1, 0.15) is 25.0 Å². The van der Waals surface area contributed by atoms with Gasteiger partial charge < -0.3 is 5.11 Å². The van der Waals surface area contributed by atoms with Gasteiger partial charge in [-0.3, -0.25) is 0 Å². The zero-order valence-corrected chi connectivity index (χ0v) is 10.7. The van der Waals surface area contributed by atoms with Crippen LogP contribution in [0.5, 0.6) is 5.75 Å². The first-order valence-corrected chi connectivity index (χ1v) is 5.91. The van der Waals surface area contributed by atoms with Gasteiger partial charge in [0.2, 0.25) is 0 Å². The lowest BCUT2D eigenvalue weighted by Gasteiger charge is -2.26. The normalized spacial score (nSPS) is 11.5. The van der Waals surface area contributed by atoms with E-state index in [0.29, 0.717) is 0 Å². The van der Waals surface area contributed by atoms with Crippen LogP contribution in [0.25, 0.3) is 0 Å². The largest absolute Gasteiger partial charge is 0.872 e. The Bertz CT molecular complexity index is 450. The lowest BCUT2D eigenvalue weighted by Crippen LogP contribution is -2.18. The van der Waals surface area contributed by atoms with Crippen LogP contribution in [0.15, 0.2) is 48.5 Å². The Labute approximate surface area is 107 Å². The highest BCUT2D eigenvalue weighted by Gasteiger charge is 2.22. The summed E-state index contributed by atoms with van der Waals surface area (Å²) in [6, 6.07) is 14.8. The molecule has 17 heavy (non-hydrogen) atoms. The molecule has 0 amide bonds. The number of benzene rings is 2. The summed E-state index contributed by atoms with van der Waals surface area (Å²) in [4.78, 5) is 0. The number of halogens is 1. The van der Waals surface area contributed by atoms with Crippen LogP contribution < -0.4 is 5.11 Å². The van der Waals surface area contributed by atoms with Gasteiger partial charge in [-0.05, 0) is 23.3 Å². The quantitative estimate of drug-likeness (QED) is 0.791. The molecule has 88 valence electrons. The number of hydrogen-bond donors (Lipinski definition) is 0. The SMILES string of the molecule is CC(C)(c1ccc([O-])cc1)c1ccc(Cl)cc1. The molecular weight excluding hydrogens is 232 g/mol. The van der Waals surface area contributed by atoms with Crippen LogP contribution in [0.3, 0.4) is 0 Å². The summed E-state index contributed by atoms with van der Waals surface area (Å²) in [6.45, 7) is 4.27. The van der Waals surface area contributed by atoms with E-state index in [0.717, 1.165) is 10.6 Å². The van der Waals surface area contributed by atoms with Crippen LogP contribution >= 0.6 is 11.6 Å². The highest BCUT2D eigenvalue weighted by molar-refractivity contribution is 6.30. The van der Waals surface area contributed by atoms with Crippen LogP contribution in [0, 0.1) is 0 Å². The molecular formula is C15H14ClO-. The molecule has 0 aliphatic heterocycles. The van der Waals surface area contributed by atoms with Crippen LogP contribution in [0.4, 0.5) is 0 Å². The van der Waals surface area contributed by atoms with Gasteiger partial charge in [-0.1, -0.05) is 61.8 Å². The maximum absolute atomic E-state index is 11.1. The number of hydrogen-bond acceptors (Lipinski definition) is 1. The van der Waals surface area contributed by atoms with Gasteiger partial charge in [-0.15, -0.1) is 5.75 Å². The monoisotopic (exact) mass is 245 g/mol. The third kappa shape index (κ3) is 2.45. The Balaban J connectivity index is 2.41. The predicted octanol–water partition coefficient (Wildman–Crippen LogP) is 3.74. The van der Waals surface area contributed by atoms with Crippen molar-refractivity contribution in [2.45, 2.75) is 19.3 Å². The molecule has 0 heterocycles. The van der Waals surface area contributed by atoms with Gasteiger partial charge in [-0.25, -0.2) is 0 Å². The van der Waals surface area contributed by atoms with E-state index in [1.807, 2.05) is 36.4 Å². The van der Waals surface area contributed by atoms with Crippen molar-refractivity contribution in [3.05, 3.63) is 64.7 Å². The average molecular weight is 246 g/mol. The Morgan fingerprint density at radius 3 is 1.71 bits per heavy atom. The van der Waals surface area contributed by atoms with Gasteiger partial charge in [0.15, 0.2) is 0 Å². The summed E-state index contributed by atoms with van der Waals surface area (Å²) >= 11 is 5.89. The van der Waals surface area contributed by atoms with Gasteiger partial charge in [-0.2, -0.15) is 0 Å². The molecule has 2 aromatic carbocycles. The lowest BCUT2D eigenvalue weighted by molar-refractivity contribution is -0.268. The predicted molar refractivity (Wildman–Crippen MR) is 69.5 cm³/mol. The molecule has 0 aliphatic rings. The van der Waals surface area contributed by atoms with Gasteiger partial charge >= 0.3 is 0 Å². The van der Waals surface area contributed by atoms with Crippen molar-refractivity contribution in [2.24, 2.45) is 0 Å². The highest BCUT2D eigenvalue weighted by Crippen LogP contribution is 2.32. The molecule has 0 saturated carbocycles. The van der Waals surface area contributed by atoms with Crippen LogP contribution in [-0.4, -0.2) is 0 Å². The van der Waals surface area contributed by atoms with E-state index in [9.17, 15) is 5.11 Å². The van der Waals surface area contributed by atoms with E-state index in [4.69, 9.17) is 11.6 Å². The third-order valence-electron chi connectivity index (χ3n) is 3.14. The van der Waals surface area contributed by atoms with Crippen molar-refractivity contribution < 1.29 is 5.11 Å². The van der Waals surface area contributed by atoms with E-state index in [-0.39, 0.29) is 11.2 Å². The summed E-state index contributed by atoms with van der Waals surface area (Å²) in [7, 11) is 0. The van der Waals surface area contributed by atoms with Crippen LogP contribution in [0.2, 0.25) is 5.02 Å². The molecule has 0 fully saturated rings. The molecule has 0 unspecified atom stereocenters. The molecule has 0 N–H and O–H groups in total. The molecule has 1 nitrogen and oxygen atoms in total. The second-order valence-corrected chi connectivity index (χ2v) is 5.09. The van der Waals surface area contributed by atoms with E-state index >= 15 is 0 Å². The first-order chi connectivity index (χ1) is 8.00. The van der Waals surface area contributed by atoms with Crippen molar-refractivity contribution in [3.63, 3.8) is 0 Å². The minimum atomic E-state index is -0.127. The summed E-state index contributed by atoms with van der Waals surface area (Å²) in [6.07, 6.45) is 0. The van der Waals surface area contributed by atoms with Crippen molar-refractivity contribution in [1.82, 2.24) is 0 Å². The Hall–Kier alpha value is -1.47. The van der Waals surface area contributed by atoms with E-state index < -0.39 is 0 Å². The summed E-state index contributed by atoms with van der Waals surface area (Å²) < 4.78 is 0. The zero-order chi connectivity index (χ0) is 12.5. The number of rotatable bonds is 2. The summed E-state index contributed by atoms with van der Waals surface area (Å²) in [5, 5.41) is 11.8. The summed E-state index contributed by atoms with van der Waals surface area (Å²) in [5.41, 5.74) is 2.18. The maximum Gasteiger partial charge on any atom is 0.0406 e. The van der Waals surface area contributed by atoms with Crippen molar-refractivity contribution in [1.29, 1.82) is 0 Å². The molecule has 0 spiro atoms. The fourth-order valence-corrected chi connectivity index (χ4v) is 2.03. The van der Waals surface area contributed by atoms with E-state index in [2.05, 4.69) is 13.8 Å². The molecule has 0 radical (unpaired) electrons. The van der Waals surface area contributed by atoms with Gasteiger partial charge in [0, 0.05) is 10.4 Å². The van der Waals surface area contributed by atoms with Crippen LogP contribution in [-0.2, 0) is 5.41 Å².